The number of anilines is 1. The van der Waals surface area contributed by atoms with Crippen molar-refractivity contribution in [2.75, 3.05) is 31.1 Å². The van der Waals surface area contributed by atoms with Gasteiger partial charge in [0.15, 0.2) is 0 Å². The number of rotatable bonds is 6. The van der Waals surface area contributed by atoms with E-state index in [2.05, 4.69) is 19.9 Å². The molecule has 0 N–H and O–H groups in total. The Morgan fingerprint density at radius 3 is 2.79 bits per heavy atom. The van der Waals surface area contributed by atoms with Crippen molar-refractivity contribution in [2.45, 2.75) is 51.7 Å². The quantitative estimate of drug-likeness (QED) is 0.749. The molecule has 2 aromatic heterocycles. The number of aryl methyl sites for hydroxylation is 1. The van der Waals surface area contributed by atoms with Gasteiger partial charge in [0.25, 0.3) is 5.91 Å². The zero-order chi connectivity index (χ0) is 20.1. The molecule has 2 aliphatic rings. The number of aromatic nitrogens is 3. The van der Waals surface area contributed by atoms with E-state index in [0.29, 0.717) is 24.7 Å². The average Bonchev–Trinajstić information content (AvgIpc) is 3.27. The lowest BCUT2D eigenvalue weighted by Gasteiger charge is -2.28. The topological polar surface area (TPSA) is 71.5 Å². The molecule has 2 fully saturated rings. The Labute approximate surface area is 172 Å². The lowest BCUT2D eigenvalue weighted by atomic mass is 10.1. The fourth-order valence-electron chi connectivity index (χ4n) is 4.00. The molecular weight excluding hydrogens is 366 g/mol. The molecule has 0 saturated carbocycles. The van der Waals surface area contributed by atoms with Crippen LogP contribution in [0, 0.1) is 6.92 Å². The summed E-state index contributed by atoms with van der Waals surface area (Å²) in [6.07, 6.45) is 7.39. The summed E-state index contributed by atoms with van der Waals surface area (Å²) in [5.41, 5.74) is 2.13. The number of carbonyl (C=O) groups excluding carboxylic acids is 1. The molecule has 29 heavy (non-hydrogen) atoms. The highest BCUT2D eigenvalue weighted by Gasteiger charge is 2.26. The molecule has 0 aliphatic carbocycles. The van der Waals surface area contributed by atoms with E-state index in [4.69, 9.17) is 4.74 Å². The Kier molecular flexibility index (Phi) is 6.34. The molecular formula is C22H29N5O2. The van der Waals surface area contributed by atoms with Gasteiger partial charge in [0, 0.05) is 38.1 Å². The van der Waals surface area contributed by atoms with Crippen molar-refractivity contribution in [3.8, 4) is 0 Å². The van der Waals surface area contributed by atoms with Crippen molar-refractivity contribution in [2.24, 2.45) is 0 Å². The Balaban J connectivity index is 1.57. The average molecular weight is 396 g/mol. The van der Waals surface area contributed by atoms with Crippen LogP contribution in [-0.2, 0) is 11.3 Å². The van der Waals surface area contributed by atoms with Gasteiger partial charge in [-0.15, -0.1) is 0 Å². The lowest BCUT2D eigenvalue weighted by molar-refractivity contribution is 0.0500. The van der Waals surface area contributed by atoms with Gasteiger partial charge in [-0.25, -0.2) is 9.97 Å². The van der Waals surface area contributed by atoms with Crippen molar-refractivity contribution in [1.82, 2.24) is 19.9 Å². The minimum absolute atomic E-state index is 0.0761. The summed E-state index contributed by atoms with van der Waals surface area (Å²) < 4.78 is 5.79. The zero-order valence-electron chi connectivity index (χ0n) is 17.1. The second-order valence-electron chi connectivity index (χ2n) is 7.88. The van der Waals surface area contributed by atoms with E-state index >= 15 is 0 Å². The maximum atomic E-state index is 13.5. The van der Waals surface area contributed by atoms with E-state index in [-0.39, 0.29) is 12.0 Å². The number of piperidine rings is 1. The summed E-state index contributed by atoms with van der Waals surface area (Å²) in [5.74, 6) is 0.581. The third-order valence-corrected chi connectivity index (χ3v) is 5.51. The molecule has 154 valence electrons. The van der Waals surface area contributed by atoms with E-state index in [1.807, 2.05) is 30.0 Å². The molecule has 1 atom stereocenters. The highest BCUT2D eigenvalue weighted by Crippen LogP contribution is 2.20. The van der Waals surface area contributed by atoms with Crippen molar-refractivity contribution >= 4 is 11.9 Å². The van der Waals surface area contributed by atoms with Crippen LogP contribution in [0.25, 0.3) is 0 Å². The second kappa shape index (κ2) is 9.31. The third-order valence-electron chi connectivity index (χ3n) is 5.51. The molecule has 1 amide bonds. The first kappa shape index (κ1) is 19.8. The van der Waals surface area contributed by atoms with E-state index in [0.717, 1.165) is 56.8 Å². The van der Waals surface area contributed by atoms with Gasteiger partial charge in [0.05, 0.1) is 18.3 Å². The van der Waals surface area contributed by atoms with Gasteiger partial charge in [-0.05, 0) is 57.2 Å². The molecule has 0 spiro atoms. The molecule has 7 heteroatoms. The fourth-order valence-corrected chi connectivity index (χ4v) is 4.00. The van der Waals surface area contributed by atoms with Crippen LogP contribution in [0.5, 0.6) is 0 Å². The first-order chi connectivity index (χ1) is 14.2. The van der Waals surface area contributed by atoms with Gasteiger partial charge in [0.1, 0.15) is 5.69 Å². The largest absolute Gasteiger partial charge is 0.376 e. The van der Waals surface area contributed by atoms with Crippen LogP contribution >= 0.6 is 0 Å². The Morgan fingerprint density at radius 1 is 1.21 bits per heavy atom. The van der Waals surface area contributed by atoms with Crippen LogP contribution in [0.4, 0.5) is 5.95 Å². The predicted molar refractivity (Wildman–Crippen MR) is 111 cm³/mol. The highest BCUT2D eigenvalue weighted by atomic mass is 16.5. The van der Waals surface area contributed by atoms with Crippen molar-refractivity contribution in [1.29, 1.82) is 0 Å². The first-order valence-electron chi connectivity index (χ1n) is 10.6. The summed E-state index contributed by atoms with van der Waals surface area (Å²) in [4.78, 5) is 31.1. The summed E-state index contributed by atoms with van der Waals surface area (Å²) in [7, 11) is 0. The number of ether oxygens (including phenoxy) is 1. The molecule has 7 nitrogen and oxygen atoms in total. The fraction of sp³-hybridized carbons (Fsp3) is 0.545. The number of hydrogen-bond acceptors (Lipinski definition) is 6. The third kappa shape index (κ3) is 5.09. The lowest BCUT2D eigenvalue weighted by Crippen LogP contribution is -2.38. The molecule has 2 saturated heterocycles. The van der Waals surface area contributed by atoms with E-state index in [1.165, 1.54) is 6.42 Å². The predicted octanol–water partition coefficient (Wildman–Crippen LogP) is 2.99. The van der Waals surface area contributed by atoms with Crippen molar-refractivity contribution in [3.05, 3.63) is 47.5 Å². The van der Waals surface area contributed by atoms with E-state index in [1.54, 1.807) is 12.3 Å². The summed E-state index contributed by atoms with van der Waals surface area (Å²) in [6.45, 7) is 5.59. The van der Waals surface area contributed by atoms with Crippen molar-refractivity contribution in [3.63, 3.8) is 0 Å². The maximum absolute atomic E-state index is 13.5. The van der Waals surface area contributed by atoms with Gasteiger partial charge < -0.3 is 14.5 Å². The van der Waals surface area contributed by atoms with Crippen LogP contribution in [-0.4, -0.2) is 58.1 Å². The molecule has 0 radical (unpaired) electrons. The van der Waals surface area contributed by atoms with Gasteiger partial charge in [-0.3, -0.25) is 9.78 Å². The van der Waals surface area contributed by atoms with Gasteiger partial charge in [-0.2, -0.15) is 0 Å². The summed E-state index contributed by atoms with van der Waals surface area (Å²) in [5, 5.41) is 0. The molecule has 0 aromatic carbocycles. The maximum Gasteiger partial charge on any atom is 0.273 e. The van der Waals surface area contributed by atoms with E-state index in [9.17, 15) is 4.79 Å². The second-order valence-corrected chi connectivity index (χ2v) is 7.88. The van der Waals surface area contributed by atoms with Crippen LogP contribution in [0.2, 0.25) is 0 Å². The number of carbonyl (C=O) groups is 1. The van der Waals surface area contributed by atoms with Crippen LogP contribution < -0.4 is 4.90 Å². The van der Waals surface area contributed by atoms with E-state index < -0.39 is 0 Å². The van der Waals surface area contributed by atoms with Gasteiger partial charge in [0.2, 0.25) is 5.95 Å². The minimum atomic E-state index is -0.0880. The molecule has 2 aliphatic heterocycles. The summed E-state index contributed by atoms with van der Waals surface area (Å²) >= 11 is 0. The molecule has 0 bridgehead atoms. The first-order valence-corrected chi connectivity index (χ1v) is 10.6. The Morgan fingerprint density at radius 2 is 2.07 bits per heavy atom. The van der Waals surface area contributed by atoms with Gasteiger partial charge in [-0.1, -0.05) is 6.07 Å². The number of hydrogen-bond donors (Lipinski definition) is 0. The molecule has 0 unspecified atom stereocenters. The van der Waals surface area contributed by atoms with Gasteiger partial charge >= 0.3 is 0 Å². The monoisotopic (exact) mass is 395 g/mol. The highest BCUT2D eigenvalue weighted by molar-refractivity contribution is 5.92. The molecule has 4 rings (SSSR count). The number of nitrogens with zero attached hydrogens (tertiary/aromatic N) is 5. The smallest absolute Gasteiger partial charge is 0.273 e. The minimum Gasteiger partial charge on any atom is -0.376 e. The number of pyridine rings is 1. The van der Waals surface area contributed by atoms with Crippen LogP contribution in [0.1, 0.15) is 54.0 Å². The zero-order valence-corrected chi connectivity index (χ0v) is 17.1. The standard InChI is InChI=1S/C22H29N5O2/c1-17-14-20(25-22(24-17)26-11-5-2-6-12-26)21(28)27(16-19-9-7-13-29-19)15-18-8-3-4-10-23-18/h3-4,8,10,14,19H,2,5-7,9,11-13,15-16H2,1H3/t19-/m0/s1. The number of amides is 1. The Bertz CT molecular complexity index is 817. The summed E-state index contributed by atoms with van der Waals surface area (Å²) in [6, 6.07) is 7.56. The van der Waals surface area contributed by atoms with Crippen LogP contribution in [0.15, 0.2) is 30.5 Å². The Hall–Kier alpha value is -2.54. The molecule has 2 aromatic rings. The van der Waals surface area contributed by atoms with Crippen molar-refractivity contribution < 1.29 is 9.53 Å². The SMILES string of the molecule is Cc1cc(C(=O)N(Cc2ccccn2)C[C@@H]2CCCO2)nc(N2CCCCC2)n1. The molecule has 4 heterocycles. The normalized spacial score (nSPS) is 19.3. The van der Waals surface area contributed by atoms with Crippen LogP contribution in [0.3, 0.4) is 0 Å².